The molecule has 28 heavy (non-hydrogen) atoms. The Balaban J connectivity index is 1.29. The number of thiazole rings is 1. The smallest absolute Gasteiger partial charge is 0.227 e. The fourth-order valence-corrected chi connectivity index (χ4v) is 4.28. The summed E-state index contributed by atoms with van der Waals surface area (Å²) >= 11 is 1.62. The molecule has 0 atom stereocenters. The minimum absolute atomic E-state index is 0.220. The summed E-state index contributed by atoms with van der Waals surface area (Å²) < 4.78 is 5.66. The van der Waals surface area contributed by atoms with Gasteiger partial charge in [-0.25, -0.2) is 4.98 Å². The largest absolute Gasteiger partial charge is 0.459 e. The highest BCUT2D eigenvalue weighted by molar-refractivity contribution is 7.13. The third-order valence-corrected chi connectivity index (χ3v) is 6.12. The highest BCUT2D eigenvalue weighted by atomic mass is 32.1. The van der Waals surface area contributed by atoms with Gasteiger partial charge in [0.25, 0.3) is 0 Å². The number of nitrogens with zero attached hydrogens (tertiary/aromatic N) is 3. The van der Waals surface area contributed by atoms with Gasteiger partial charge in [0.15, 0.2) is 10.8 Å². The van der Waals surface area contributed by atoms with Gasteiger partial charge >= 0.3 is 0 Å². The molecule has 6 heteroatoms. The molecule has 1 aliphatic rings. The molecule has 5 nitrogen and oxygen atoms in total. The van der Waals surface area contributed by atoms with Gasteiger partial charge < -0.3 is 9.32 Å². The van der Waals surface area contributed by atoms with Gasteiger partial charge in [-0.3, -0.25) is 9.69 Å². The van der Waals surface area contributed by atoms with Gasteiger partial charge in [-0.2, -0.15) is 0 Å². The van der Waals surface area contributed by atoms with Crippen LogP contribution in [-0.2, 0) is 17.8 Å². The van der Waals surface area contributed by atoms with E-state index in [9.17, 15) is 4.79 Å². The van der Waals surface area contributed by atoms with Gasteiger partial charge in [-0.1, -0.05) is 24.3 Å². The van der Waals surface area contributed by atoms with Crippen LogP contribution in [0.1, 0.15) is 22.6 Å². The second-order valence-electron chi connectivity index (χ2n) is 7.31. The number of carbonyl (C=O) groups is 1. The molecule has 1 amide bonds. The van der Waals surface area contributed by atoms with E-state index >= 15 is 0 Å². The molecule has 1 aliphatic heterocycles. The summed E-state index contributed by atoms with van der Waals surface area (Å²) in [5, 5.41) is 3.03. The summed E-state index contributed by atoms with van der Waals surface area (Å²) in [5.41, 5.74) is 3.37. The topological polar surface area (TPSA) is 49.6 Å². The van der Waals surface area contributed by atoms with Crippen molar-refractivity contribution in [2.45, 2.75) is 26.8 Å². The number of hydrogen-bond donors (Lipinski definition) is 0. The van der Waals surface area contributed by atoms with Gasteiger partial charge in [0.2, 0.25) is 5.91 Å². The fraction of sp³-hybridized carbons (Fsp3) is 0.364. The van der Waals surface area contributed by atoms with Crippen molar-refractivity contribution in [1.29, 1.82) is 0 Å². The van der Waals surface area contributed by atoms with Crippen molar-refractivity contribution in [2.75, 3.05) is 26.2 Å². The molecule has 0 saturated carbocycles. The van der Waals surface area contributed by atoms with Gasteiger partial charge in [0, 0.05) is 38.1 Å². The van der Waals surface area contributed by atoms with E-state index in [0.717, 1.165) is 60.5 Å². The summed E-state index contributed by atoms with van der Waals surface area (Å²) in [4.78, 5) is 21.7. The zero-order chi connectivity index (χ0) is 19.5. The summed E-state index contributed by atoms with van der Waals surface area (Å²) in [5.74, 6) is 1.96. The maximum Gasteiger partial charge on any atom is 0.227 e. The van der Waals surface area contributed by atoms with E-state index in [1.54, 1.807) is 11.3 Å². The van der Waals surface area contributed by atoms with Crippen LogP contribution in [0.3, 0.4) is 0 Å². The Morgan fingerprint density at radius 2 is 1.89 bits per heavy atom. The van der Waals surface area contributed by atoms with Crippen molar-refractivity contribution in [1.82, 2.24) is 14.8 Å². The molecular weight excluding hydrogens is 370 g/mol. The third kappa shape index (κ3) is 4.34. The normalized spacial score (nSPS) is 15.1. The monoisotopic (exact) mass is 395 g/mol. The minimum atomic E-state index is 0.220. The first-order valence-corrected chi connectivity index (χ1v) is 10.5. The van der Waals surface area contributed by atoms with Crippen LogP contribution in [0.2, 0.25) is 0 Å². The summed E-state index contributed by atoms with van der Waals surface area (Å²) in [6.45, 7) is 8.14. The molecule has 3 aromatic rings. The number of aryl methyl sites for hydroxylation is 2. The summed E-state index contributed by atoms with van der Waals surface area (Å²) in [7, 11) is 0. The quantitative estimate of drug-likeness (QED) is 0.657. The maximum absolute atomic E-state index is 12.6. The van der Waals surface area contributed by atoms with Crippen molar-refractivity contribution in [3.8, 4) is 10.8 Å². The molecule has 4 rings (SSSR count). The number of aromatic nitrogens is 1. The molecule has 1 fully saturated rings. The lowest BCUT2D eigenvalue weighted by molar-refractivity contribution is -0.132. The average Bonchev–Trinajstić information content (AvgIpc) is 3.33. The molecule has 0 unspecified atom stereocenters. The van der Waals surface area contributed by atoms with Gasteiger partial charge in [0.05, 0.1) is 12.1 Å². The van der Waals surface area contributed by atoms with E-state index < -0.39 is 0 Å². The molecule has 0 aliphatic carbocycles. The van der Waals surface area contributed by atoms with Gasteiger partial charge in [-0.15, -0.1) is 11.3 Å². The van der Waals surface area contributed by atoms with Crippen LogP contribution in [0.15, 0.2) is 46.2 Å². The molecular formula is C22H25N3O2S. The Bertz CT molecular complexity index is 954. The zero-order valence-corrected chi connectivity index (χ0v) is 17.2. The van der Waals surface area contributed by atoms with Crippen LogP contribution in [0, 0.1) is 13.8 Å². The standard InChI is InChI=1S/C22H25N3O2S/c1-16-5-3-4-6-18(16)13-21(26)25-11-9-24(10-12-25)14-19-15-28-22(23-19)20-8-7-17(2)27-20/h3-8,15H,9-14H2,1-2H3. The Hall–Kier alpha value is -2.44. The molecule has 2 aromatic heterocycles. The van der Waals surface area contributed by atoms with Gasteiger partial charge in [0.1, 0.15) is 5.76 Å². The second kappa shape index (κ2) is 8.29. The second-order valence-corrected chi connectivity index (χ2v) is 8.17. The lowest BCUT2D eigenvalue weighted by Gasteiger charge is -2.34. The highest BCUT2D eigenvalue weighted by Crippen LogP contribution is 2.26. The third-order valence-electron chi connectivity index (χ3n) is 5.22. The van der Waals surface area contributed by atoms with E-state index in [-0.39, 0.29) is 5.91 Å². The SMILES string of the molecule is Cc1ccc(-c2nc(CN3CCN(C(=O)Cc4ccccc4C)CC3)cs2)o1. The van der Waals surface area contributed by atoms with Crippen molar-refractivity contribution in [2.24, 2.45) is 0 Å². The molecule has 3 heterocycles. The van der Waals surface area contributed by atoms with Gasteiger partial charge in [-0.05, 0) is 37.1 Å². The van der Waals surface area contributed by atoms with Crippen LogP contribution < -0.4 is 0 Å². The molecule has 0 radical (unpaired) electrons. The number of benzene rings is 1. The van der Waals surface area contributed by atoms with Crippen molar-refractivity contribution in [3.63, 3.8) is 0 Å². The van der Waals surface area contributed by atoms with Crippen LogP contribution in [0.5, 0.6) is 0 Å². The lowest BCUT2D eigenvalue weighted by Crippen LogP contribution is -2.48. The molecule has 1 aromatic carbocycles. The van der Waals surface area contributed by atoms with E-state index in [1.165, 1.54) is 5.56 Å². The predicted molar refractivity (Wildman–Crippen MR) is 111 cm³/mol. The molecule has 146 valence electrons. The fourth-order valence-electron chi connectivity index (χ4n) is 3.51. The number of carbonyl (C=O) groups excluding carboxylic acids is 1. The lowest BCUT2D eigenvalue weighted by atomic mass is 10.1. The Morgan fingerprint density at radius 3 is 2.61 bits per heavy atom. The first-order chi connectivity index (χ1) is 13.6. The number of piperazine rings is 1. The first kappa shape index (κ1) is 18.9. The van der Waals surface area contributed by atoms with Crippen molar-refractivity contribution >= 4 is 17.2 Å². The Labute approximate surface area is 169 Å². The number of amides is 1. The van der Waals surface area contributed by atoms with E-state index in [2.05, 4.69) is 23.3 Å². The van der Waals surface area contributed by atoms with Crippen LogP contribution in [0.4, 0.5) is 0 Å². The van der Waals surface area contributed by atoms with E-state index in [0.29, 0.717) is 6.42 Å². The molecule has 0 bridgehead atoms. The Morgan fingerprint density at radius 1 is 1.11 bits per heavy atom. The van der Waals surface area contributed by atoms with E-state index in [1.807, 2.05) is 42.2 Å². The summed E-state index contributed by atoms with van der Waals surface area (Å²) in [6, 6.07) is 12.1. The highest BCUT2D eigenvalue weighted by Gasteiger charge is 2.22. The number of hydrogen-bond acceptors (Lipinski definition) is 5. The molecule has 0 spiro atoms. The maximum atomic E-state index is 12.6. The minimum Gasteiger partial charge on any atom is -0.459 e. The van der Waals surface area contributed by atoms with Crippen LogP contribution in [-0.4, -0.2) is 46.9 Å². The van der Waals surface area contributed by atoms with E-state index in [4.69, 9.17) is 9.40 Å². The van der Waals surface area contributed by atoms with Crippen LogP contribution in [0.25, 0.3) is 10.8 Å². The first-order valence-electron chi connectivity index (χ1n) is 9.64. The zero-order valence-electron chi connectivity index (χ0n) is 16.4. The average molecular weight is 396 g/mol. The predicted octanol–water partition coefficient (Wildman–Crippen LogP) is 3.91. The van der Waals surface area contributed by atoms with Crippen molar-refractivity contribution in [3.05, 3.63) is 64.4 Å². The summed E-state index contributed by atoms with van der Waals surface area (Å²) in [6.07, 6.45) is 0.491. The van der Waals surface area contributed by atoms with Crippen LogP contribution >= 0.6 is 11.3 Å². The number of rotatable bonds is 5. The number of furan rings is 1. The van der Waals surface area contributed by atoms with Crippen molar-refractivity contribution < 1.29 is 9.21 Å². The Kier molecular flexibility index (Phi) is 5.59. The molecule has 1 saturated heterocycles. The molecule has 0 N–H and O–H groups in total.